The minimum Gasteiger partial charge on any atom is -0.461 e. The average Bonchev–Trinajstić information content (AvgIpc) is 2.83. The summed E-state index contributed by atoms with van der Waals surface area (Å²) < 4.78 is 35.4. The first kappa shape index (κ1) is 33.5. The van der Waals surface area contributed by atoms with Gasteiger partial charge in [0.2, 0.25) is 0 Å². The Morgan fingerprint density at radius 2 is 1.33 bits per heavy atom. The van der Waals surface area contributed by atoms with Crippen LogP contribution in [0.2, 0.25) is 0 Å². The molecular formula is C27H41NO11. The fourth-order valence-electron chi connectivity index (χ4n) is 2.83. The molecular weight excluding hydrogens is 514 g/mol. The van der Waals surface area contributed by atoms with E-state index in [1.807, 2.05) is 27.7 Å². The number of nitrogens with two attached hydrogens (primary N) is 1. The van der Waals surface area contributed by atoms with Gasteiger partial charge in [0.15, 0.2) is 11.5 Å². The second-order valence-electron chi connectivity index (χ2n) is 9.60. The van der Waals surface area contributed by atoms with Crippen molar-refractivity contribution in [2.24, 2.45) is 17.6 Å². The molecule has 0 amide bonds. The molecule has 1 aromatic carbocycles. The number of rotatable bonds is 15. The lowest BCUT2D eigenvalue weighted by molar-refractivity contribution is -0.148. The topological polar surface area (TPSA) is 159 Å². The van der Waals surface area contributed by atoms with Crippen LogP contribution >= 0.6 is 0 Å². The van der Waals surface area contributed by atoms with E-state index < -0.39 is 36.6 Å². The van der Waals surface area contributed by atoms with Crippen LogP contribution in [-0.4, -0.2) is 63.0 Å². The quantitative estimate of drug-likeness (QED) is 0.179. The second kappa shape index (κ2) is 17.9. The summed E-state index contributed by atoms with van der Waals surface area (Å²) in [7, 11) is 0. The number of benzene rings is 1. The third-order valence-electron chi connectivity index (χ3n) is 5.00. The van der Waals surface area contributed by atoms with Crippen molar-refractivity contribution >= 4 is 24.4 Å². The van der Waals surface area contributed by atoms with Gasteiger partial charge < -0.3 is 38.9 Å². The number of esters is 1. The summed E-state index contributed by atoms with van der Waals surface area (Å²) in [5.41, 5.74) is 6.47. The zero-order chi connectivity index (χ0) is 29.4. The first-order valence-electron chi connectivity index (χ1n) is 13.0. The van der Waals surface area contributed by atoms with Crippen LogP contribution in [0.3, 0.4) is 0 Å². The van der Waals surface area contributed by atoms with Gasteiger partial charge in [-0.15, -0.1) is 0 Å². The third-order valence-corrected chi connectivity index (χ3v) is 5.00. The number of carbonyl (C=O) groups is 4. The van der Waals surface area contributed by atoms with Crippen molar-refractivity contribution < 1.29 is 52.3 Å². The zero-order valence-corrected chi connectivity index (χ0v) is 23.6. The van der Waals surface area contributed by atoms with Gasteiger partial charge >= 0.3 is 24.4 Å². The van der Waals surface area contributed by atoms with Gasteiger partial charge in [-0.05, 0) is 62.6 Å². The fraction of sp³-hybridized carbons (Fsp3) is 0.630. The fourth-order valence-corrected chi connectivity index (χ4v) is 2.83. The minimum absolute atomic E-state index is 0.00379. The highest BCUT2D eigenvalue weighted by molar-refractivity contribution is 5.76. The summed E-state index contributed by atoms with van der Waals surface area (Å²) in [5, 5.41) is 0. The van der Waals surface area contributed by atoms with Crippen LogP contribution in [-0.2, 0) is 34.9 Å². The SMILES string of the molecule is CCOC(=O)O[C@@H](C)COC(=O)[C@@H](N)Cc1ccc(OC(=O)OCCC(C)C)c(OC(=O)OCCC(C)C)c1. The van der Waals surface area contributed by atoms with Gasteiger partial charge in [0.25, 0.3) is 0 Å². The van der Waals surface area contributed by atoms with Crippen molar-refractivity contribution in [3.63, 3.8) is 0 Å². The average molecular weight is 556 g/mol. The summed E-state index contributed by atoms with van der Waals surface area (Å²) in [5.74, 6) is -0.267. The number of hydrogen-bond donors (Lipinski definition) is 1. The van der Waals surface area contributed by atoms with Crippen LogP contribution in [0, 0.1) is 11.8 Å². The summed E-state index contributed by atoms with van der Waals surface area (Å²) in [6.07, 6.45) is -2.25. The molecule has 0 fully saturated rings. The van der Waals surface area contributed by atoms with Crippen LogP contribution in [0.1, 0.15) is 59.9 Å². The van der Waals surface area contributed by atoms with E-state index in [1.54, 1.807) is 13.0 Å². The molecule has 0 aliphatic carbocycles. The van der Waals surface area contributed by atoms with Gasteiger partial charge in [0.05, 0.1) is 19.8 Å². The molecule has 12 nitrogen and oxygen atoms in total. The highest BCUT2D eigenvalue weighted by Gasteiger charge is 2.21. The first-order valence-corrected chi connectivity index (χ1v) is 13.0. The summed E-state index contributed by atoms with van der Waals surface area (Å²) >= 11 is 0. The van der Waals surface area contributed by atoms with Gasteiger partial charge in [0, 0.05) is 0 Å². The van der Waals surface area contributed by atoms with E-state index in [-0.39, 0.29) is 44.3 Å². The molecule has 0 radical (unpaired) electrons. The molecule has 1 rings (SSSR count). The molecule has 0 spiro atoms. The molecule has 0 saturated heterocycles. The predicted octanol–water partition coefficient (Wildman–Crippen LogP) is 4.78. The van der Waals surface area contributed by atoms with Crippen LogP contribution in [0.15, 0.2) is 18.2 Å². The monoisotopic (exact) mass is 555 g/mol. The Labute approximate surface area is 229 Å². The summed E-state index contributed by atoms with van der Waals surface area (Å²) in [6, 6.07) is 3.26. The molecule has 12 heteroatoms. The minimum atomic E-state index is -1.08. The van der Waals surface area contributed by atoms with Crippen LogP contribution in [0.4, 0.5) is 14.4 Å². The van der Waals surface area contributed by atoms with E-state index in [1.165, 1.54) is 19.1 Å². The largest absolute Gasteiger partial charge is 0.513 e. The highest BCUT2D eigenvalue weighted by Crippen LogP contribution is 2.30. The van der Waals surface area contributed by atoms with E-state index in [4.69, 9.17) is 34.2 Å². The molecule has 2 N–H and O–H groups in total. The molecule has 0 aromatic heterocycles. The molecule has 0 bridgehead atoms. The van der Waals surface area contributed by atoms with Crippen LogP contribution in [0.25, 0.3) is 0 Å². The van der Waals surface area contributed by atoms with Gasteiger partial charge in [0.1, 0.15) is 18.8 Å². The predicted molar refractivity (Wildman–Crippen MR) is 140 cm³/mol. The molecule has 220 valence electrons. The zero-order valence-electron chi connectivity index (χ0n) is 23.6. The number of ether oxygens (including phenoxy) is 7. The van der Waals surface area contributed by atoms with E-state index >= 15 is 0 Å². The van der Waals surface area contributed by atoms with E-state index in [9.17, 15) is 19.2 Å². The Kier molecular flexibility index (Phi) is 15.3. The molecule has 1 aromatic rings. The Morgan fingerprint density at radius 1 is 0.769 bits per heavy atom. The maximum Gasteiger partial charge on any atom is 0.513 e. The van der Waals surface area contributed by atoms with Crippen molar-refractivity contribution in [3.8, 4) is 11.5 Å². The number of hydrogen-bond acceptors (Lipinski definition) is 12. The maximum absolute atomic E-state index is 12.3. The highest BCUT2D eigenvalue weighted by atomic mass is 16.7. The van der Waals surface area contributed by atoms with Crippen molar-refractivity contribution in [2.45, 2.75) is 73.0 Å². The second-order valence-corrected chi connectivity index (χ2v) is 9.60. The molecule has 0 aliphatic rings. The summed E-state index contributed by atoms with van der Waals surface area (Å²) in [6.45, 7) is 11.4. The lowest BCUT2D eigenvalue weighted by atomic mass is 10.1. The lowest BCUT2D eigenvalue weighted by Gasteiger charge is -2.16. The van der Waals surface area contributed by atoms with Crippen LogP contribution < -0.4 is 15.2 Å². The lowest BCUT2D eigenvalue weighted by Crippen LogP contribution is -2.36. The molecule has 39 heavy (non-hydrogen) atoms. The number of carbonyl (C=O) groups excluding carboxylic acids is 4. The molecule has 0 heterocycles. The first-order chi connectivity index (χ1) is 18.4. The van der Waals surface area contributed by atoms with E-state index in [0.717, 1.165) is 0 Å². The molecule has 0 aliphatic heterocycles. The Balaban J connectivity index is 2.86. The van der Waals surface area contributed by atoms with Crippen molar-refractivity contribution in [1.82, 2.24) is 0 Å². The Hall–Kier alpha value is -3.54. The standard InChI is InChI=1S/C27H41NO11/c1-7-33-25(30)37-19(6)16-36-24(29)21(28)14-20-8-9-22(38-26(31)34-12-10-17(2)3)23(15-20)39-27(32)35-13-11-18(4)5/h8-9,15,17-19,21H,7,10-14,16,28H2,1-6H3/t19-,21-/m0/s1. The Bertz CT molecular complexity index is 932. The molecule has 0 saturated carbocycles. The summed E-state index contributed by atoms with van der Waals surface area (Å²) in [4.78, 5) is 48.1. The van der Waals surface area contributed by atoms with E-state index in [2.05, 4.69) is 4.74 Å². The third kappa shape index (κ3) is 14.8. The Morgan fingerprint density at radius 3 is 1.87 bits per heavy atom. The van der Waals surface area contributed by atoms with Gasteiger partial charge in [-0.1, -0.05) is 33.8 Å². The van der Waals surface area contributed by atoms with Gasteiger partial charge in [-0.3, -0.25) is 4.79 Å². The van der Waals surface area contributed by atoms with Crippen LogP contribution in [0.5, 0.6) is 11.5 Å². The molecule has 2 atom stereocenters. The van der Waals surface area contributed by atoms with Crippen molar-refractivity contribution in [2.75, 3.05) is 26.4 Å². The maximum atomic E-state index is 12.3. The van der Waals surface area contributed by atoms with Crippen molar-refractivity contribution in [3.05, 3.63) is 23.8 Å². The normalized spacial score (nSPS) is 12.3. The van der Waals surface area contributed by atoms with E-state index in [0.29, 0.717) is 30.2 Å². The van der Waals surface area contributed by atoms with Crippen molar-refractivity contribution in [1.29, 1.82) is 0 Å². The van der Waals surface area contributed by atoms with Gasteiger partial charge in [-0.2, -0.15) is 0 Å². The van der Waals surface area contributed by atoms with Gasteiger partial charge in [-0.25, -0.2) is 14.4 Å². The molecule has 0 unspecified atom stereocenters. The smallest absolute Gasteiger partial charge is 0.461 e.